The highest BCUT2D eigenvalue weighted by molar-refractivity contribution is 5.91. The van der Waals surface area contributed by atoms with Gasteiger partial charge in [0.1, 0.15) is 18.2 Å². The monoisotopic (exact) mass is 666 g/mol. The zero-order valence-corrected chi connectivity index (χ0v) is 27.7. The number of hydrazine groups is 1. The molecule has 2 aliphatic rings. The first-order valence-corrected chi connectivity index (χ1v) is 15.7. The quantitative estimate of drug-likeness (QED) is 0.0835. The van der Waals surface area contributed by atoms with Crippen molar-refractivity contribution in [2.45, 2.75) is 82.9 Å². The number of esters is 1. The van der Waals surface area contributed by atoms with Crippen LogP contribution in [0.2, 0.25) is 0 Å². The van der Waals surface area contributed by atoms with Gasteiger partial charge in [-0.1, -0.05) is 60.6 Å². The minimum absolute atomic E-state index is 0.0529. The second-order valence-corrected chi connectivity index (χ2v) is 12.4. The number of azide groups is 1. The summed E-state index contributed by atoms with van der Waals surface area (Å²) in [6.07, 6.45) is -1.87. The van der Waals surface area contributed by atoms with Gasteiger partial charge >= 0.3 is 18.2 Å². The highest BCUT2D eigenvalue weighted by atomic mass is 16.7. The van der Waals surface area contributed by atoms with Gasteiger partial charge in [0.05, 0.1) is 26.4 Å². The van der Waals surface area contributed by atoms with E-state index in [4.69, 9.17) is 23.7 Å². The molecule has 3 amide bonds. The summed E-state index contributed by atoms with van der Waals surface area (Å²) in [5.74, 6) is -2.12. The van der Waals surface area contributed by atoms with E-state index in [0.717, 1.165) is 34.4 Å². The van der Waals surface area contributed by atoms with Crippen molar-refractivity contribution in [3.63, 3.8) is 0 Å². The predicted molar refractivity (Wildman–Crippen MR) is 172 cm³/mol. The van der Waals surface area contributed by atoms with E-state index < -0.39 is 54.1 Å². The average Bonchev–Trinajstić information content (AvgIpc) is 3.38. The van der Waals surface area contributed by atoms with Gasteiger partial charge < -0.3 is 29.0 Å². The van der Waals surface area contributed by atoms with Crippen LogP contribution in [0.3, 0.4) is 0 Å². The molecule has 2 N–H and O–H groups in total. The Morgan fingerprint density at radius 2 is 1.62 bits per heavy atom. The van der Waals surface area contributed by atoms with Gasteiger partial charge in [0.25, 0.3) is 5.91 Å². The van der Waals surface area contributed by atoms with Crippen molar-refractivity contribution >= 4 is 24.1 Å². The second-order valence-electron chi connectivity index (χ2n) is 12.4. The molecule has 2 aromatic carbocycles. The average molecular weight is 667 g/mol. The van der Waals surface area contributed by atoms with Gasteiger partial charge in [-0.05, 0) is 61.4 Å². The van der Waals surface area contributed by atoms with Crippen LogP contribution in [0.15, 0.2) is 53.6 Å². The molecule has 0 spiro atoms. The predicted octanol–water partition coefficient (Wildman–Crippen LogP) is 4.95. The first kappa shape index (κ1) is 36.0. The summed E-state index contributed by atoms with van der Waals surface area (Å²) in [4.78, 5) is 56.4. The number of carbonyl (C=O) groups excluding carboxylic acids is 4. The number of hydrogen-bond acceptors (Lipinski definition) is 10. The molecule has 0 aromatic heterocycles. The summed E-state index contributed by atoms with van der Waals surface area (Å²) < 4.78 is 27.2. The molecule has 0 radical (unpaired) electrons. The first-order valence-electron chi connectivity index (χ1n) is 15.7. The van der Waals surface area contributed by atoms with E-state index >= 15 is 0 Å². The van der Waals surface area contributed by atoms with Crippen molar-refractivity contribution in [3.05, 3.63) is 70.1 Å². The van der Waals surface area contributed by atoms with Gasteiger partial charge in [-0.3, -0.25) is 4.79 Å². The molecule has 0 saturated carbocycles. The third-order valence-electron chi connectivity index (χ3n) is 7.80. The molecule has 48 heavy (non-hydrogen) atoms. The maximum Gasteiger partial charge on any atom is 0.426 e. The number of alkyl carbamates (subject to hydrolysis) is 1. The van der Waals surface area contributed by atoms with Gasteiger partial charge in [0.15, 0.2) is 12.3 Å². The Morgan fingerprint density at radius 1 is 1.02 bits per heavy atom. The lowest BCUT2D eigenvalue weighted by molar-refractivity contribution is -0.185. The Kier molecular flexibility index (Phi) is 12.2. The third kappa shape index (κ3) is 9.15. The number of rotatable bonds is 11. The highest BCUT2D eigenvalue weighted by Gasteiger charge is 2.40. The van der Waals surface area contributed by atoms with Gasteiger partial charge in [-0.15, -0.1) is 0 Å². The van der Waals surface area contributed by atoms with E-state index in [1.165, 1.54) is 6.92 Å². The van der Waals surface area contributed by atoms with Gasteiger partial charge in [0, 0.05) is 17.3 Å². The number of fused-ring (bicyclic) bond motifs is 3. The van der Waals surface area contributed by atoms with E-state index in [9.17, 15) is 24.7 Å². The van der Waals surface area contributed by atoms with E-state index in [-0.39, 0.29) is 25.4 Å². The normalized spacial score (nSPS) is 16.2. The van der Waals surface area contributed by atoms with E-state index in [0.29, 0.717) is 19.6 Å². The first-order chi connectivity index (χ1) is 22.9. The highest BCUT2D eigenvalue weighted by Crippen LogP contribution is 2.44. The van der Waals surface area contributed by atoms with Crippen molar-refractivity contribution in [1.29, 1.82) is 0 Å². The molecular formula is C33H42N6O9. The van der Waals surface area contributed by atoms with Crippen molar-refractivity contribution in [3.8, 4) is 11.1 Å². The van der Waals surface area contributed by atoms with Crippen LogP contribution >= 0.6 is 0 Å². The van der Waals surface area contributed by atoms with E-state index in [2.05, 4.69) is 20.8 Å². The molecule has 1 aliphatic carbocycles. The number of nitrogens with one attached hydrogen (secondary N) is 2. The Hall–Kier alpha value is -4.85. The number of methoxy groups -OCH3 is 1. The van der Waals surface area contributed by atoms with Crippen LogP contribution < -0.4 is 10.7 Å². The molecule has 1 fully saturated rings. The molecule has 258 valence electrons. The second kappa shape index (κ2) is 16.3. The van der Waals surface area contributed by atoms with Gasteiger partial charge in [-0.2, -0.15) is 0 Å². The number of carbonyl (C=O) groups is 4. The molecule has 1 unspecified atom stereocenters. The summed E-state index contributed by atoms with van der Waals surface area (Å²) >= 11 is 0. The molecular weight excluding hydrogens is 624 g/mol. The van der Waals surface area contributed by atoms with Crippen LogP contribution in [-0.2, 0) is 33.3 Å². The van der Waals surface area contributed by atoms with Gasteiger partial charge in [0.2, 0.25) is 0 Å². The molecule has 1 heterocycles. The smallest absolute Gasteiger partial charge is 0.426 e. The van der Waals surface area contributed by atoms with Crippen molar-refractivity contribution < 1.29 is 42.9 Å². The Morgan fingerprint density at radius 3 is 2.19 bits per heavy atom. The molecule has 15 heteroatoms. The summed E-state index contributed by atoms with van der Waals surface area (Å²) in [5, 5.41) is 6.83. The summed E-state index contributed by atoms with van der Waals surface area (Å²) in [7, 11) is 1.13. The van der Waals surface area contributed by atoms with Crippen LogP contribution in [0.5, 0.6) is 0 Å². The number of ether oxygens (including phenoxy) is 5. The molecule has 4 rings (SSSR count). The zero-order chi connectivity index (χ0) is 34.8. The third-order valence-corrected chi connectivity index (χ3v) is 7.80. The van der Waals surface area contributed by atoms with Crippen LogP contribution in [-0.4, -0.2) is 86.0 Å². The summed E-state index contributed by atoms with van der Waals surface area (Å²) in [6.45, 7) is 7.14. The molecule has 3 atom stereocenters. The minimum Gasteiger partial charge on any atom is -0.467 e. The number of hydrogen-bond donors (Lipinski definition) is 2. The molecule has 1 saturated heterocycles. The van der Waals surface area contributed by atoms with Crippen molar-refractivity contribution in [2.24, 2.45) is 5.11 Å². The van der Waals surface area contributed by atoms with Crippen LogP contribution in [0.1, 0.15) is 64.0 Å². The lowest BCUT2D eigenvalue weighted by Gasteiger charge is -2.35. The zero-order valence-electron chi connectivity index (χ0n) is 27.7. The maximum absolute atomic E-state index is 14.2. The number of amides is 3. The number of nitrogens with zero attached hydrogens (tertiary/aromatic N) is 4. The van der Waals surface area contributed by atoms with Crippen LogP contribution in [0, 0.1) is 0 Å². The summed E-state index contributed by atoms with van der Waals surface area (Å²) in [6, 6.07) is 11.4. The summed E-state index contributed by atoms with van der Waals surface area (Å²) in [5.41, 5.74) is 14.6. The lowest BCUT2D eigenvalue weighted by atomic mass is 9.98. The topological polar surface area (TPSA) is 190 Å². The van der Waals surface area contributed by atoms with Crippen LogP contribution in [0.25, 0.3) is 21.6 Å². The van der Waals surface area contributed by atoms with Crippen LogP contribution in [0.4, 0.5) is 9.59 Å². The fourth-order valence-electron chi connectivity index (χ4n) is 5.63. The Balaban J connectivity index is 1.57. The van der Waals surface area contributed by atoms with E-state index in [1.54, 1.807) is 20.8 Å². The molecule has 2 aromatic rings. The molecule has 0 bridgehead atoms. The maximum atomic E-state index is 14.2. The minimum atomic E-state index is -1.58. The Bertz CT molecular complexity index is 1470. The van der Waals surface area contributed by atoms with E-state index in [1.807, 2.05) is 48.5 Å². The number of benzene rings is 2. The largest absolute Gasteiger partial charge is 0.467 e. The standard InChI is InChI=1S/C33H42N6O9/c1-20(36-38-34)28(35-31(42)47-19-25-23-13-8-6-11-21(23)22-12-7-9-14-24(22)25)29(40)39(37-32(43)48-33(2,3)4)26(30(41)44-5)15-16-27-45-17-10-18-46-27/h6-9,11-14,20,25-28H,10,15-19H2,1-5H3,(H,35,42)(H,37,43)/t20-,26?,28-/m0/s1. The van der Waals surface area contributed by atoms with Crippen molar-refractivity contribution in [1.82, 2.24) is 15.8 Å². The molecule has 15 nitrogen and oxygen atoms in total. The molecule has 1 aliphatic heterocycles. The SMILES string of the molecule is COC(=O)C(CCC1OCCCO1)N(NC(=O)OC(C)(C)C)C(=O)[C@@H](NC(=O)OCC1c2ccccc2-c2ccccc21)[C@H](C)N=[N+]=[N-]. The lowest BCUT2D eigenvalue weighted by Crippen LogP contribution is -2.63. The van der Waals surface area contributed by atoms with Gasteiger partial charge in [-0.25, -0.2) is 24.8 Å². The van der Waals surface area contributed by atoms with Crippen molar-refractivity contribution in [2.75, 3.05) is 26.9 Å². The fourth-order valence-corrected chi connectivity index (χ4v) is 5.63. The fraction of sp³-hybridized carbons (Fsp3) is 0.515. The Labute approximate surface area is 278 Å².